The minimum atomic E-state index is 0.843. The molecule has 1 aliphatic carbocycles. The van der Waals surface area contributed by atoms with Gasteiger partial charge in [0, 0.05) is 6.04 Å². The Balaban J connectivity index is 2.04. The summed E-state index contributed by atoms with van der Waals surface area (Å²) in [7, 11) is 0. The van der Waals surface area contributed by atoms with Crippen LogP contribution in [0.2, 0.25) is 0 Å². The minimum Gasteiger partial charge on any atom is -0.314 e. The number of hydrogen-bond donors (Lipinski definition) is 1. The van der Waals surface area contributed by atoms with E-state index >= 15 is 0 Å². The van der Waals surface area contributed by atoms with Crippen LogP contribution in [-0.4, -0.2) is 12.6 Å². The summed E-state index contributed by atoms with van der Waals surface area (Å²) in [5, 5.41) is 3.63. The second kappa shape index (κ2) is 4.86. The van der Waals surface area contributed by atoms with E-state index in [-0.39, 0.29) is 0 Å². The van der Waals surface area contributed by atoms with Crippen LogP contribution >= 0.6 is 0 Å². The van der Waals surface area contributed by atoms with Gasteiger partial charge in [0.2, 0.25) is 0 Å². The monoisotopic (exact) mass is 169 g/mol. The smallest absolute Gasteiger partial charge is 0.00671 e. The van der Waals surface area contributed by atoms with Crippen molar-refractivity contribution in [2.45, 2.75) is 52.5 Å². The Morgan fingerprint density at radius 1 is 1.25 bits per heavy atom. The molecule has 1 N–H and O–H groups in total. The number of rotatable bonds is 5. The summed E-state index contributed by atoms with van der Waals surface area (Å²) in [6.45, 7) is 8.22. The van der Waals surface area contributed by atoms with Crippen molar-refractivity contribution in [2.24, 2.45) is 11.8 Å². The molecule has 1 fully saturated rings. The van der Waals surface area contributed by atoms with E-state index in [0.29, 0.717) is 0 Å². The fourth-order valence-corrected chi connectivity index (χ4v) is 1.57. The van der Waals surface area contributed by atoms with E-state index in [1.54, 1.807) is 0 Å². The Hall–Kier alpha value is -0.0400. The first-order valence-electron chi connectivity index (χ1n) is 5.47. The van der Waals surface area contributed by atoms with Crippen molar-refractivity contribution < 1.29 is 0 Å². The summed E-state index contributed by atoms with van der Waals surface area (Å²) < 4.78 is 0. The van der Waals surface area contributed by atoms with Crippen LogP contribution in [0.15, 0.2) is 0 Å². The molecule has 0 aromatic rings. The molecule has 2 atom stereocenters. The third kappa shape index (κ3) is 2.78. The molecule has 0 aromatic heterocycles. The third-order valence-corrected chi connectivity index (χ3v) is 3.45. The molecule has 1 aliphatic rings. The van der Waals surface area contributed by atoms with E-state index in [4.69, 9.17) is 0 Å². The molecule has 2 unspecified atom stereocenters. The first kappa shape index (κ1) is 10.0. The van der Waals surface area contributed by atoms with Crippen LogP contribution in [0.1, 0.15) is 46.5 Å². The fraction of sp³-hybridized carbons (Fsp3) is 1.00. The van der Waals surface area contributed by atoms with Crippen LogP contribution in [0.5, 0.6) is 0 Å². The Morgan fingerprint density at radius 3 is 2.33 bits per heavy atom. The minimum absolute atomic E-state index is 0.843. The summed E-state index contributed by atoms with van der Waals surface area (Å²) in [5.41, 5.74) is 0. The van der Waals surface area contributed by atoms with Crippen LogP contribution in [-0.2, 0) is 0 Å². The van der Waals surface area contributed by atoms with Crippen molar-refractivity contribution in [2.75, 3.05) is 6.54 Å². The topological polar surface area (TPSA) is 12.0 Å². The zero-order chi connectivity index (χ0) is 8.97. The van der Waals surface area contributed by atoms with Gasteiger partial charge in [-0.25, -0.2) is 0 Å². The lowest BCUT2D eigenvalue weighted by Crippen LogP contribution is -2.38. The van der Waals surface area contributed by atoms with Crippen LogP contribution in [0, 0.1) is 11.8 Å². The predicted octanol–water partition coefficient (Wildman–Crippen LogP) is 2.81. The maximum absolute atomic E-state index is 3.63. The number of nitrogens with one attached hydrogen (secondary N) is 1. The molecular formula is C11H23N. The highest BCUT2D eigenvalue weighted by atomic mass is 14.9. The summed E-state index contributed by atoms with van der Waals surface area (Å²) in [4.78, 5) is 0. The summed E-state index contributed by atoms with van der Waals surface area (Å²) in [6.07, 6.45) is 5.57. The van der Waals surface area contributed by atoms with Gasteiger partial charge in [-0.2, -0.15) is 0 Å². The Kier molecular flexibility index (Phi) is 4.07. The van der Waals surface area contributed by atoms with Crippen LogP contribution < -0.4 is 5.32 Å². The van der Waals surface area contributed by atoms with E-state index in [9.17, 15) is 0 Å². The van der Waals surface area contributed by atoms with Gasteiger partial charge in [-0.05, 0) is 31.2 Å². The van der Waals surface area contributed by atoms with Gasteiger partial charge in [-0.3, -0.25) is 0 Å². The molecule has 0 saturated heterocycles. The van der Waals surface area contributed by atoms with Gasteiger partial charge < -0.3 is 5.32 Å². The van der Waals surface area contributed by atoms with Gasteiger partial charge >= 0.3 is 0 Å². The molecule has 0 aliphatic heterocycles. The lowest BCUT2D eigenvalue weighted by atomic mass is 9.90. The Labute approximate surface area is 76.9 Å². The normalized spacial score (nSPS) is 23.2. The lowest BCUT2D eigenvalue weighted by Gasteiger charge is -2.29. The van der Waals surface area contributed by atoms with Crippen molar-refractivity contribution in [1.29, 1.82) is 0 Å². The van der Waals surface area contributed by atoms with E-state index in [2.05, 4.69) is 26.1 Å². The zero-order valence-corrected chi connectivity index (χ0v) is 8.77. The van der Waals surface area contributed by atoms with Gasteiger partial charge in [0.25, 0.3) is 0 Å². The zero-order valence-electron chi connectivity index (χ0n) is 8.77. The molecule has 72 valence electrons. The summed E-state index contributed by atoms with van der Waals surface area (Å²) >= 11 is 0. The first-order valence-corrected chi connectivity index (χ1v) is 5.47. The SMILES string of the molecule is CCC(C)C(C)CNC1CCC1. The standard InChI is InChI=1S/C11H23N/c1-4-9(2)10(3)8-12-11-6-5-7-11/h9-12H,4-8H2,1-3H3. The van der Waals surface area contributed by atoms with E-state index in [0.717, 1.165) is 17.9 Å². The predicted molar refractivity (Wildman–Crippen MR) is 54.3 cm³/mol. The van der Waals surface area contributed by atoms with E-state index in [1.807, 2.05) is 0 Å². The molecule has 12 heavy (non-hydrogen) atoms. The molecule has 0 spiro atoms. The summed E-state index contributed by atoms with van der Waals surface area (Å²) in [5.74, 6) is 1.72. The van der Waals surface area contributed by atoms with Gasteiger partial charge in [0.05, 0.1) is 0 Å². The molecule has 0 amide bonds. The molecule has 1 nitrogen and oxygen atoms in total. The van der Waals surface area contributed by atoms with Gasteiger partial charge in [-0.1, -0.05) is 33.6 Å². The molecule has 0 heterocycles. The van der Waals surface area contributed by atoms with Crippen molar-refractivity contribution in [3.05, 3.63) is 0 Å². The lowest BCUT2D eigenvalue weighted by molar-refractivity contribution is 0.286. The molecule has 1 heteroatoms. The highest BCUT2D eigenvalue weighted by Gasteiger charge is 2.18. The fourth-order valence-electron chi connectivity index (χ4n) is 1.57. The van der Waals surface area contributed by atoms with Crippen LogP contribution in [0.4, 0.5) is 0 Å². The summed E-state index contributed by atoms with van der Waals surface area (Å²) in [6, 6.07) is 0.858. The quantitative estimate of drug-likeness (QED) is 0.667. The number of hydrogen-bond acceptors (Lipinski definition) is 1. The molecule has 1 saturated carbocycles. The van der Waals surface area contributed by atoms with Gasteiger partial charge in [0.15, 0.2) is 0 Å². The highest BCUT2D eigenvalue weighted by Crippen LogP contribution is 2.19. The molecule has 0 aromatic carbocycles. The van der Waals surface area contributed by atoms with Crippen molar-refractivity contribution in [1.82, 2.24) is 5.32 Å². The first-order chi connectivity index (χ1) is 5.74. The van der Waals surface area contributed by atoms with Crippen molar-refractivity contribution in [3.63, 3.8) is 0 Å². The molecule has 0 radical (unpaired) electrons. The van der Waals surface area contributed by atoms with E-state index < -0.39 is 0 Å². The Morgan fingerprint density at radius 2 is 1.92 bits per heavy atom. The largest absolute Gasteiger partial charge is 0.314 e. The van der Waals surface area contributed by atoms with Gasteiger partial charge in [0.1, 0.15) is 0 Å². The molecular weight excluding hydrogens is 146 g/mol. The van der Waals surface area contributed by atoms with Crippen molar-refractivity contribution >= 4 is 0 Å². The molecule has 1 rings (SSSR count). The maximum atomic E-state index is 3.63. The maximum Gasteiger partial charge on any atom is 0.00671 e. The highest BCUT2D eigenvalue weighted by molar-refractivity contribution is 4.77. The Bertz CT molecular complexity index is 118. The van der Waals surface area contributed by atoms with Gasteiger partial charge in [-0.15, -0.1) is 0 Å². The second-order valence-corrected chi connectivity index (χ2v) is 4.40. The van der Waals surface area contributed by atoms with Crippen LogP contribution in [0.25, 0.3) is 0 Å². The second-order valence-electron chi connectivity index (χ2n) is 4.40. The third-order valence-electron chi connectivity index (χ3n) is 3.45. The average molecular weight is 169 g/mol. The van der Waals surface area contributed by atoms with E-state index in [1.165, 1.54) is 32.2 Å². The van der Waals surface area contributed by atoms with Crippen molar-refractivity contribution in [3.8, 4) is 0 Å². The van der Waals surface area contributed by atoms with Crippen LogP contribution in [0.3, 0.4) is 0 Å². The average Bonchev–Trinajstić information content (AvgIpc) is 2.00. The molecule has 0 bridgehead atoms.